The summed E-state index contributed by atoms with van der Waals surface area (Å²) >= 11 is 2.03. The van der Waals surface area contributed by atoms with E-state index in [4.69, 9.17) is 0 Å². The van der Waals surface area contributed by atoms with Crippen molar-refractivity contribution in [1.29, 1.82) is 0 Å². The molecule has 4 heteroatoms. The molecule has 1 aliphatic rings. The molecule has 17 heavy (non-hydrogen) atoms. The Balaban J connectivity index is 1.87. The first-order valence-electron chi connectivity index (χ1n) is 5.53. The van der Waals surface area contributed by atoms with Gasteiger partial charge in [-0.3, -0.25) is 9.36 Å². The van der Waals surface area contributed by atoms with Crippen molar-refractivity contribution in [3.8, 4) is 0 Å². The van der Waals surface area contributed by atoms with Gasteiger partial charge < -0.3 is 0 Å². The predicted octanol–water partition coefficient (Wildman–Crippen LogP) is 2.19. The molecule has 1 heterocycles. The number of halogens is 1. The SMILES string of the molecule is O=c1c(I)cncn1CC1Cc2ccccc21. The van der Waals surface area contributed by atoms with Gasteiger partial charge in [-0.05, 0) is 40.1 Å². The molecule has 0 radical (unpaired) electrons. The fourth-order valence-electron chi connectivity index (χ4n) is 2.32. The quantitative estimate of drug-likeness (QED) is 0.787. The van der Waals surface area contributed by atoms with Crippen molar-refractivity contribution < 1.29 is 0 Å². The van der Waals surface area contributed by atoms with Crippen LogP contribution in [0.4, 0.5) is 0 Å². The van der Waals surface area contributed by atoms with Crippen molar-refractivity contribution in [3.05, 3.63) is 61.8 Å². The highest BCUT2D eigenvalue weighted by atomic mass is 127. The van der Waals surface area contributed by atoms with E-state index in [9.17, 15) is 4.79 Å². The number of aromatic nitrogens is 2. The maximum atomic E-state index is 11.9. The molecule has 0 aliphatic heterocycles. The average Bonchev–Trinajstić information content (AvgIpc) is 2.31. The summed E-state index contributed by atoms with van der Waals surface area (Å²) in [6.07, 6.45) is 4.30. The van der Waals surface area contributed by atoms with Crippen molar-refractivity contribution in [1.82, 2.24) is 9.55 Å². The smallest absolute Gasteiger partial charge is 0.266 e. The Morgan fingerprint density at radius 3 is 3.06 bits per heavy atom. The monoisotopic (exact) mass is 338 g/mol. The zero-order valence-corrected chi connectivity index (χ0v) is 11.3. The van der Waals surface area contributed by atoms with Gasteiger partial charge in [0.15, 0.2) is 0 Å². The van der Waals surface area contributed by atoms with E-state index in [1.807, 2.05) is 22.6 Å². The van der Waals surface area contributed by atoms with Crippen LogP contribution in [0.15, 0.2) is 41.6 Å². The zero-order chi connectivity index (χ0) is 11.8. The summed E-state index contributed by atoms with van der Waals surface area (Å²) in [5, 5.41) is 0. The molecular formula is C13H11IN2O. The first-order chi connectivity index (χ1) is 8.25. The molecule has 1 unspecified atom stereocenters. The van der Waals surface area contributed by atoms with Crippen molar-refractivity contribution in [3.63, 3.8) is 0 Å². The molecule has 0 spiro atoms. The number of rotatable bonds is 2. The van der Waals surface area contributed by atoms with Gasteiger partial charge in [-0.2, -0.15) is 0 Å². The minimum absolute atomic E-state index is 0.0602. The molecule has 1 aliphatic carbocycles. The van der Waals surface area contributed by atoms with Gasteiger partial charge in [-0.15, -0.1) is 0 Å². The lowest BCUT2D eigenvalue weighted by Gasteiger charge is -2.30. The van der Waals surface area contributed by atoms with Crippen LogP contribution in [0.25, 0.3) is 0 Å². The van der Waals surface area contributed by atoms with E-state index in [0.717, 1.165) is 13.0 Å². The second-order valence-corrected chi connectivity index (χ2v) is 5.46. The van der Waals surface area contributed by atoms with E-state index in [-0.39, 0.29) is 5.56 Å². The van der Waals surface area contributed by atoms with Crippen LogP contribution < -0.4 is 5.56 Å². The number of nitrogens with zero attached hydrogens (tertiary/aromatic N) is 2. The largest absolute Gasteiger partial charge is 0.298 e. The number of hydrogen-bond acceptors (Lipinski definition) is 2. The molecule has 0 saturated carbocycles. The van der Waals surface area contributed by atoms with Gasteiger partial charge in [0.05, 0.1) is 9.90 Å². The highest BCUT2D eigenvalue weighted by molar-refractivity contribution is 14.1. The summed E-state index contributed by atoms with van der Waals surface area (Å²) in [5.41, 5.74) is 2.84. The van der Waals surface area contributed by atoms with Crippen molar-refractivity contribution in [2.75, 3.05) is 0 Å². The van der Waals surface area contributed by atoms with Crippen molar-refractivity contribution in [2.24, 2.45) is 0 Å². The molecule has 0 N–H and O–H groups in total. The third-order valence-corrected chi connectivity index (χ3v) is 3.98. The lowest BCUT2D eigenvalue weighted by molar-refractivity contribution is 0.492. The fraction of sp³-hybridized carbons (Fsp3) is 0.231. The standard InChI is InChI=1S/C13H11IN2O/c14-12-6-15-8-16(13(12)17)7-10-5-9-3-1-2-4-11(9)10/h1-4,6,8,10H,5,7H2. The summed E-state index contributed by atoms with van der Waals surface area (Å²) in [7, 11) is 0. The van der Waals surface area contributed by atoms with Gasteiger partial charge >= 0.3 is 0 Å². The number of benzene rings is 1. The fourth-order valence-corrected chi connectivity index (χ4v) is 2.79. The molecule has 1 aromatic carbocycles. The molecule has 3 nitrogen and oxygen atoms in total. The maximum absolute atomic E-state index is 11.9. The van der Waals surface area contributed by atoms with Gasteiger partial charge in [0.2, 0.25) is 0 Å². The molecule has 1 atom stereocenters. The van der Waals surface area contributed by atoms with Crippen molar-refractivity contribution in [2.45, 2.75) is 18.9 Å². The lowest BCUT2D eigenvalue weighted by Crippen LogP contribution is -2.29. The minimum Gasteiger partial charge on any atom is -0.298 e. The van der Waals surface area contributed by atoms with Crippen LogP contribution in [0.3, 0.4) is 0 Å². The van der Waals surface area contributed by atoms with Gasteiger partial charge in [-0.1, -0.05) is 24.3 Å². The van der Waals surface area contributed by atoms with Crippen LogP contribution in [0.2, 0.25) is 0 Å². The van der Waals surface area contributed by atoms with Crippen LogP contribution in [0.1, 0.15) is 17.0 Å². The Hall–Kier alpha value is -1.17. The zero-order valence-electron chi connectivity index (χ0n) is 9.14. The minimum atomic E-state index is 0.0602. The Morgan fingerprint density at radius 2 is 2.24 bits per heavy atom. The Kier molecular flexibility index (Phi) is 2.74. The Labute approximate surface area is 113 Å². The summed E-state index contributed by atoms with van der Waals surface area (Å²) in [6.45, 7) is 0.736. The molecular weight excluding hydrogens is 327 g/mol. The van der Waals surface area contributed by atoms with Crippen LogP contribution >= 0.6 is 22.6 Å². The molecule has 0 fully saturated rings. The topological polar surface area (TPSA) is 34.9 Å². The normalized spacial score (nSPS) is 17.4. The second kappa shape index (κ2) is 4.25. The molecule has 3 rings (SSSR count). The molecule has 86 valence electrons. The van der Waals surface area contributed by atoms with E-state index < -0.39 is 0 Å². The average molecular weight is 338 g/mol. The Bertz CT molecular complexity index is 621. The molecule has 0 bridgehead atoms. The van der Waals surface area contributed by atoms with Crippen LogP contribution in [-0.4, -0.2) is 9.55 Å². The highest BCUT2D eigenvalue weighted by Crippen LogP contribution is 2.35. The first kappa shape index (κ1) is 11.0. The third kappa shape index (κ3) is 1.90. The lowest BCUT2D eigenvalue weighted by atomic mass is 9.77. The van der Waals surface area contributed by atoms with Crippen LogP contribution in [0, 0.1) is 3.57 Å². The summed E-state index contributed by atoms with van der Waals surface area (Å²) in [6, 6.07) is 8.42. The highest BCUT2D eigenvalue weighted by Gasteiger charge is 2.25. The van der Waals surface area contributed by atoms with Crippen molar-refractivity contribution >= 4 is 22.6 Å². The van der Waals surface area contributed by atoms with E-state index in [1.165, 1.54) is 11.1 Å². The molecule has 0 amide bonds. The first-order valence-corrected chi connectivity index (χ1v) is 6.61. The second-order valence-electron chi connectivity index (χ2n) is 4.30. The number of fused-ring (bicyclic) bond motifs is 1. The van der Waals surface area contributed by atoms with E-state index in [1.54, 1.807) is 17.1 Å². The van der Waals surface area contributed by atoms with E-state index in [2.05, 4.69) is 29.2 Å². The molecule has 2 aromatic rings. The van der Waals surface area contributed by atoms with Gasteiger partial charge in [0.1, 0.15) is 0 Å². The maximum Gasteiger partial charge on any atom is 0.266 e. The molecule has 1 aromatic heterocycles. The Morgan fingerprint density at radius 1 is 1.41 bits per heavy atom. The van der Waals surface area contributed by atoms with E-state index in [0.29, 0.717) is 9.49 Å². The summed E-state index contributed by atoms with van der Waals surface area (Å²) in [5.74, 6) is 0.462. The van der Waals surface area contributed by atoms with E-state index >= 15 is 0 Å². The van der Waals surface area contributed by atoms with Gasteiger partial charge in [0.25, 0.3) is 5.56 Å². The predicted molar refractivity (Wildman–Crippen MR) is 74.1 cm³/mol. The van der Waals surface area contributed by atoms with Gasteiger partial charge in [0, 0.05) is 18.7 Å². The van der Waals surface area contributed by atoms with Crippen LogP contribution in [0.5, 0.6) is 0 Å². The summed E-state index contributed by atoms with van der Waals surface area (Å²) in [4.78, 5) is 15.9. The number of hydrogen-bond donors (Lipinski definition) is 0. The molecule has 0 saturated heterocycles. The van der Waals surface area contributed by atoms with Crippen LogP contribution in [-0.2, 0) is 13.0 Å². The van der Waals surface area contributed by atoms with Gasteiger partial charge in [-0.25, -0.2) is 4.98 Å². The third-order valence-electron chi connectivity index (χ3n) is 3.24. The summed E-state index contributed by atoms with van der Waals surface area (Å²) < 4.78 is 2.39.